The van der Waals surface area contributed by atoms with Gasteiger partial charge in [-0.15, -0.1) is 10.2 Å². The third-order valence-electron chi connectivity index (χ3n) is 5.73. The van der Waals surface area contributed by atoms with E-state index in [0.29, 0.717) is 34.0 Å². The van der Waals surface area contributed by atoms with Crippen LogP contribution in [0.2, 0.25) is 0 Å². The third kappa shape index (κ3) is 7.60. The summed E-state index contributed by atoms with van der Waals surface area (Å²) >= 11 is 1.01. The summed E-state index contributed by atoms with van der Waals surface area (Å²) in [5.74, 6) is -1.54. The number of hydrogen-bond donors (Lipinski definition) is 2. The fourth-order valence-electron chi connectivity index (χ4n) is 3.73. The number of benzene rings is 3. The van der Waals surface area contributed by atoms with Crippen LogP contribution < -0.4 is 15.4 Å². The molecule has 1 atom stereocenters. The van der Waals surface area contributed by atoms with Crippen LogP contribution in [-0.2, 0) is 23.6 Å². The number of ether oxygens (including phenoxy) is 1. The monoisotopic (exact) mass is 594 g/mol. The Labute approximate surface area is 233 Å². The molecule has 1 aromatic heterocycles. The fourth-order valence-corrected chi connectivity index (χ4v) is 4.47. The number of aromatic nitrogens is 2. The predicted octanol–water partition coefficient (Wildman–Crippen LogP) is 6.23. The summed E-state index contributed by atoms with van der Waals surface area (Å²) in [6, 6.07) is 14.4. The smallest absolute Gasteiger partial charge is 0.416 e. The molecule has 2 amide bonds. The van der Waals surface area contributed by atoms with Crippen molar-refractivity contribution in [3.05, 3.63) is 95.1 Å². The molecular weight excluding hydrogens is 574 g/mol. The van der Waals surface area contributed by atoms with E-state index in [-0.39, 0.29) is 17.6 Å². The van der Waals surface area contributed by atoms with Crippen molar-refractivity contribution in [3.63, 3.8) is 0 Å². The molecule has 0 saturated carbocycles. The number of carbonyl (C=O) groups is 2. The quantitative estimate of drug-likeness (QED) is 0.236. The molecule has 1 unspecified atom stereocenters. The zero-order valence-corrected chi connectivity index (χ0v) is 21.8. The molecule has 0 spiro atoms. The van der Waals surface area contributed by atoms with Gasteiger partial charge in [-0.3, -0.25) is 14.9 Å². The molecule has 214 valence electrons. The van der Waals surface area contributed by atoms with Gasteiger partial charge in [-0.2, -0.15) is 26.3 Å². The molecule has 4 rings (SSSR count). The molecule has 2 N–H and O–H groups in total. The van der Waals surface area contributed by atoms with E-state index in [0.717, 1.165) is 11.3 Å². The van der Waals surface area contributed by atoms with E-state index in [1.807, 2.05) is 0 Å². The molecule has 3 aromatic carbocycles. The Balaban J connectivity index is 1.60. The first-order valence-corrected chi connectivity index (χ1v) is 12.6. The zero-order valence-electron chi connectivity index (χ0n) is 21.0. The Hall–Kier alpha value is -4.46. The second kappa shape index (κ2) is 12.0. The number of methoxy groups -OCH3 is 1. The summed E-state index contributed by atoms with van der Waals surface area (Å²) in [5.41, 5.74) is -2.99. The summed E-state index contributed by atoms with van der Waals surface area (Å²) < 4.78 is 85.0. The Kier molecular flexibility index (Phi) is 8.61. The van der Waals surface area contributed by atoms with Crippen LogP contribution in [0.5, 0.6) is 5.75 Å². The third-order valence-corrected chi connectivity index (χ3v) is 6.61. The highest BCUT2D eigenvalue weighted by Crippen LogP contribution is 2.36. The van der Waals surface area contributed by atoms with Crippen LogP contribution in [0.4, 0.5) is 31.5 Å². The van der Waals surface area contributed by atoms with Crippen molar-refractivity contribution in [2.24, 2.45) is 0 Å². The molecule has 0 radical (unpaired) electrons. The van der Waals surface area contributed by atoms with Crippen LogP contribution in [0.25, 0.3) is 10.6 Å². The van der Waals surface area contributed by atoms with Crippen LogP contribution >= 0.6 is 11.3 Å². The Morgan fingerprint density at radius 2 is 1.54 bits per heavy atom. The molecule has 0 saturated heterocycles. The van der Waals surface area contributed by atoms with E-state index in [4.69, 9.17) is 4.74 Å². The molecule has 0 aliphatic heterocycles. The van der Waals surface area contributed by atoms with Crippen LogP contribution in [-0.4, -0.2) is 35.2 Å². The van der Waals surface area contributed by atoms with Crippen molar-refractivity contribution < 1.29 is 40.7 Å². The van der Waals surface area contributed by atoms with E-state index < -0.39 is 46.9 Å². The van der Waals surface area contributed by atoms with Gasteiger partial charge in [0.05, 0.1) is 18.2 Å². The molecule has 41 heavy (non-hydrogen) atoms. The molecule has 1 heterocycles. The summed E-state index contributed by atoms with van der Waals surface area (Å²) in [7, 11) is 1.50. The van der Waals surface area contributed by atoms with Crippen molar-refractivity contribution in [1.29, 1.82) is 0 Å². The predicted molar refractivity (Wildman–Crippen MR) is 138 cm³/mol. The van der Waals surface area contributed by atoms with Gasteiger partial charge < -0.3 is 10.1 Å². The lowest BCUT2D eigenvalue weighted by Crippen LogP contribution is -2.45. The minimum atomic E-state index is -5.14. The number of nitrogens with zero attached hydrogens (tertiary/aromatic N) is 2. The number of carbonyl (C=O) groups excluding carboxylic acids is 2. The molecule has 7 nitrogen and oxygen atoms in total. The SMILES string of the molecule is COc1cccc(-c2nnc(NC(=O)C(Cc3ccccc3)NC(=O)c3cc(C(F)(F)F)cc(C(F)(F)F)c3)s2)c1. The average Bonchev–Trinajstić information content (AvgIpc) is 3.40. The highest BCUT2D eigenvalue weighted by Gasteiger charge is 2.38. The minimum absolute atomic E-state index is 0.0542. The van der Waals surface area contributed by atoms with E-state index in [1.165, 1.54) is 7.11 Å². The summed E-state index contributed by atoms with van der Waals surface area (Å²) in [6.07, 6.45) is -10.4. The number of halogens is 6. The lowest BCUT2D eigenvalue weighted by molar-refractivity contribution is -0.143. The molecule has 0 bridgehead atoms. The highest BCUT2D eigenvalue weighted by molar-refractivity contribution is 7.18. The van der Waals surface area contributed by atoms with Gasteiger partial charge in [0, 0.05) is 17.5 Å². The van der Waals surface area contributed by atoms with Gasteiger partial charge >= 0.3 is 12.4 Å². The van der Waals surface area contributed by atoms with E-state index >= 15 is 0 Å². The van der Waals surface area contributed by atoms with Gasteiger partial charge in [0.1, 0.15) is 16.8 Å². The molecule has 0 fully saturated rings. The highest BCUT2D eigenvalue weighted by atomic mass is 32.1. The van der Waals surface area contributed by atoms with Crippen molar-refractivity contribution >= 4 is 28.3 Å². The molecule has 0 aliphatic carbocycles. The van der Waals surface area contributed by atoms with Crippen molar-refractivity contribution in [2.45, 2.75) is 24.8 Å². The molecule has 0 aliphatic rings. The Morgan fingerprint density at radius 3 is 2.15 bits per heavy atom. The van der Waals surface area contributed by atoms with E-state index in [9.17, 15) is 35.9 Å². The summed E-state index contributed by atoms with van der Waals surface area (Å²) in [5, 5.41) is 13.2. The fraction of sp³-hybridized carbons (Fsp3) is 0.185. The summed E-state index contributed by atoms with van der Waals surface area (Å²) in [4.78, 5) is 26.2. The van der Waals surface area contributed by atoms with E-state index in [2.05, 4.69) is 20.8 Å². The Morgan fingerprint density at radius 1 is 0.878 bits per heavy atom. The number of hydrogen-bond acceptors (Lipinski definition) is 6. The first-order valence-electron chi connectivity index (χ1n) is 11.8. The van der Waals surface area contributed by atoms with E-state index in [1.54, 1.807) is 54.6 Å². The van der Waals surface area contributed by atoms with Crippen LogP contribution in [0.3, 0.4) is 0 Å². The van der Waals surface area contributed by atoms with Crippen LogP contribution in [0, 0.1) is 0 Å². The number of alkyl halides is 6. The van der Waals surface area contributed by atoms with Crippen LogP contribution in [0.1, 0.15) is 27.0 Å². The van der Waals surface area contributed by atoms with Gasteiger partial charge in [0.2, 0.25) is 11.0 Å². The lowest BCUT2D eigenvalue weighted by Gasteiger charge is -2.19. The summed E-state index contributed by atoms with van der Waals surface area (Å²) in [6.45, 7) is 0. The number of anilines is 1. The standard InChI is InChI=1S/C27H20F6N4O3S/c1-40-20-9-5-8-16(13-20)24-36-37-25(41-24)35-23(39)21(10-15-6-3-2-4-7-15)34-22(38)17-11-18(26(28,29)30)14-19(12-17)27(31,32)33/h2-9,11-14,21H,10H2,1H3,(H,34,38)(H,35,37,39). The van der Waals surface area contributed by atoms with Crippen molar-refractivity contribution in [1.82, 2.24) is 15.5 Å². The van der Waals surface area contributed by atoms with Gasteiger partial charge in [0.25, 0.3) is 5.91 Å². The zero-order chi connectivity index (χ0) is 29.8. The largest absolute Gasteiger partial charge is 0.497 e. The molecular formula is C27H20F6N4O3S. The topological polar surface area (TPSA) is 93.2 Å². The Bertz CT molecular complexity index is 1510. The number of rotatable bonds is 8. The number of amides is 2. The van der Waals surface area contributed by atoms with Gasteiger partial charge in [-0.1, -0.05) is 53.8 Å². The molecule has 4 aromatic rings. The van der Waals surface area contributed by atoms with Gasteiger partial charge in [-0.05, 0) is 35.9 Å². The van der Waals surface area contributed by atoms with Gasteiger partial charge in [0.15, 0.2) is 0 Å². The number of nitrogens with one attached hydrogen (secondary N) is 2. The maximum atomic E-state index is 13.3. The average molecular weight is 595 g/mol. The second-order valence-electron chi connectivity index (χ2n) is 8.64. The van der Waals surface area contributed by atoms with Gasteiger partial charge in [-0.25, -0.2) is 0 Å². The second-order valence-corrected chi connectivity index (χ2v) is 9.62. The van der Waals surface area contributed by atoms with Crippen molar-refractivity contribution in [3.8, 4) is 16.3 Å². The first-order chi connectivity index (χ1) is 19.3. The first kappa shape index (κ1) is 29.5. The minimum Gasteiger partial charge on any atom is -0.497 e. The lowest BCUT2D eigenvalue weighted by atomic mass is 10.0. The van der Waals surface area contributed by atoms with Crippen molar-refractivity contribution in [2.75, 3.05) is 12.4 Å². The molecule has 14 heteroatoms. The maximum absolute atomic E-state index is 13.3. The van der Waals surface area contributed by atoms with Crippen LogP contribution in [0.15, 0.2) is 72.8 Å². The maximum Gasteiger partial charge on any atom is 0.416 e. The normalized spacial score (nSPS) is 12.5.